The Kier molecular flexibility index (Phi) is 4.38. The van der Waals surface area contributed by atoms with Crippen molar-refractivity contribution < 1.29 is 9.59 Å². The Bertz CT molecular complexity index is 1090. The summed E-state index contributed by atoms with van der Waals surface area (Å²) in [5.41, 5.74) is 3.10. The molecule has 29 heavy (non-hydrogen) atoms. The molecule has 7 nitrogen and oxygen atoms in total. The van der Waals surface area contributed by atoms with E-state index < -0.39 is 0 Å². The molecule has 0 bridgehead atoms. The van der Waals surface area contributed by atoms with Crippen LogP contribution in [0.15, 0.2) is 36.5 Å². The van der Waals surface area contributed by atoms with Gasteiger partial charge in [0, 0.05) is 61.2 Å². The Morgan fingerprint density at radius 3 is 2.93 bits per heavy atom. The fourth-order valence-corrected chi connectivity index (χ4v) is 4.09. The van der Waals surface area contributed by atoms with Crippen LogP contribution in [0.5, 0.6) is 0 Å². The van der Waals surface area contributed by atoms with Crippen LogP contribution in [-0.2, 0) is 23.2 Å². The van der Waals surface area contributed by atoms with Crippen LogP contribution in [0.3, 0.4) is 0 Å². The highest BCUT2D eigenvalue weighted by Crippen LogP contribution is 2.33. The highest BCUT2D eigenvalue weighted by atomic mass is 16.2. The minimum absolute atomic E-state index is 0.0851. The Morgan fingerprint density at radius 1 is 1.28 bits per heavy atom. The quantitative estimate of drug-likeness (QED) is 0.702. The maximum absolute atomic E-state index is 12.6. The van der Waals surface area contributed by atoms with Gasteiger partial charge in [-0.05, 0) is 25.3 Å². The second-order valence-corrected chi connectivity index (χ2v) is 8.02. The van der Waals surface area contributed by atoms with E-state index >= 15 is 0 Å². The Balaban J connectivity index is 1.37. The van der Waals surface area contributed by atoms with E-state index in [0.717, 1.165) is 40.8 Å². The topological polar surface area (TPSA) is 72.2 Å². The van der Waals surface area contributed by atoms with Gasteiger partial charge in [-0.15, -0.1) is 0 Å². The monoisotopic (exact) mass is 391 g/mol. The zero-order chi connectivity index (χ0) is 20.0. The summed E-state index contributed by atoms with van der Waals surface area (Å²) in [6.07, 6.45) is 5.81. The van der Waals surface area contributed by atoms with Crippen LogP contribution >= 0.6 is 0 Å². The second-order valence-electron chi connectivity index (χ2n) is 8.02. The standard InChI is InChI=1S/C22H25N5O2/c1-25-14-17(16-5-2-3-6-19(16)25)18-13-21-26(22(29)10-12-27(21)24-18)11-4-7-20(28)23-15-8-9-15/h2-3,5-6,13-15H,4,7-12H2,1H3,(H,23,28). The highest BCUT2D eigenvalue weighted by molar-refractivity contribution is 5.98. The van der Waals surface area contributed by atoms with Crippen LogP contribution in [0.4, 0.5) is 5.82 Å². The van der Waals surface area contributed by atoms with Gasteiger partial charge in [0.05, 0.1) is 12.2 Å². The van der Waals surface area contributed by atoms with Crippen LogP contribution in [0.25, 0.3) is 22.2 Å². The van der Waals surface area contributed by atoms with Gasteiger partial charge >= 0.3 is 0 Å². The van der Waals surface area contributed by atoms with E-state index in [0.29, 0.717) is 38.4 Å². The molecule has 0 radical (unpaired) electrons. The molecule has 2 aromatic heterocycles. The van der Waals surface area contributed by atoms with Crippen molar-refractivity contribution in [3.63, 3.8) is 0 Å². The first kappa shape index (κ1) is 18.0. The number of hydrogen-bond acceptors (Lipinski definition) is 3. The van der Waals surface area contributed by atoms with Crippen molar-refractivity contribution in [3.05, 3.63) is 36.5 Å². The molecule has 3 aromatic rings. The molecule has 5 rings (SSSR count). The van der Waals surface area contributed by atoms with Gasteiger partial charge in [0.2, 0.25) is 11.8 Å². The number of amides is 2. The third-order valence-electron chi connectivity index (χ3n) is 5.77. The van der Waals surface area contributed by atoms with Crippen LogP contribution < -0.4 is 10.2 Å². The molecule has 1 aromatic carbocycles. The first-order valence-electron chi connectivity index (χ1n) is 10.3. The Morgan fingerprint density at radius 2 is 2.10 bits per heavy atom. The van der Waals surface area contributed by atoms with Crippen molar-refractivity contribution in [2.75, 3.05) is 11.4 Å². The summed E-state index contributed by atoms with van der Waals surface area (Å²) in [6.45, 7) is 1.13. The molecule has 1 aliphatic carbocycles. The van der Waals surface area contributed by atoms with E-state index in [1.807, 2.05) is 29.9 Å². The number of hydrogen-bond donors (Lipinski definition) is 1. The number of para-hydroxylation sites is 1. The highest BCUT2D eigenvalue weighted by Gasteiger charge is 2.27. The number of aryl methyl sites for hydroxylation is 2. The van der Waals surface area contributed by atoms with Crippen LogP contribution in [0, 0.1) is 0 Å². The lowest BCUT2D eigenvalue weighted by Crippen LogP contribution is -2.38. The molecule has 1 aliphatic heterocycles. The van der Waals surface area contributed by atoms with Crippen molar-refractivity contribution >= 4 is 28.5 Å². The zero-order valence-corrected chi connectivity index (χ0v) is 16.6. The zero-order valence-electron chi connectivity index (χ0n) is 16.6. The largest absolute Gasteiger partial charge is 0.353 e. The van der Waals surface area contributed by atoms with E-state index in [4.69, 9.17) is 5.10 Å². The minimum atomic E-state index is 0.0851. The molecule has 3 heterocycles. The third kappa shape index (κ3) is 3.41. The molecule has 150 valence electrons. The van der Waals surface area contributed by atoms with Gasteiger partial charge in [-0.2, -0.15) is 5.10 Å². The van der Waals surface area contributed by atoms with Crippen LogP contribution in [-0.4, -0.2) is 38.7 Å². The second kappa shape index (κ2) is 7.06. The fraction of sp³-hybridized carbons (Fsp3) is 0.409. The Hall–Kier alpha value is -3.09. The van der Waals surface area contributed by atoms with Gasteiger partial charge < -0.3 is 9.88 Å². The summed E-state index contributed by atoms with van der Waals surface area (Å²) in [7, 11) is 2.03. The number of rotatable bonds is 6. The van der Waals surface area contributed by atoms with Gasteiger partial charge in [0.25, 0.3) is 0 Å². The molecule has 0 saturated heterocycles. The predicted octanol–water partition coefficient (Wildman–Crippen LogP) is 2.84. The van der Waals surface area contributed by atoms with E-state index in [1.165, 1.54) is 0 Å². The summed E-state index contributed by atoms with van der Waals surface area (Å²) in [6, 6.07) is 10.6. The number of carbonyl (C=O) groups is 2. The molecular weight excluding hydrogens is 366 g/mol. The number of benzene rings is 1. The number of nitrogens with zero attached hydrogens (tertiary/aromatic N) is 4. The molecule has 2 aliphatic rings. The molecular formula is C22H25N5O2. The lowest BCUT2D eigenvalue weighted by Gasteiger charge is -2.27. The number of anilines is 1. The summed E-state index contributed by atoms with van der Waals surface area (Å²) >= 11 is 0. The summed E-state index contributed by atoms with van der Waals surface area (Å²) in [5.74, 6) is 1.01. The summed E-state index contributed by atoms with van der Waals surface area (Å²) in [5, 5.41) is 8.95. The first-order chi connectivity index (χ1) is 14.1. The van der Waals surface area contributed by atoms with Crippen molar-refractivity contribution in [1.29, 1.82) is 0 Å². The normalized spacial score (nSPS) is 16.3. The minimum Gasteiger partial charge on any atom is -0.353 e. The molecule has 2 amide bonds. The third-order valence-corrected chi connectivity index (χ3v) is 5.77. The van der Waals surface area contributed by atoms with Gasteiger partial charge in [0.1, 0.15) is 5.82 Å². The molecule has 1 N–H and O–H groups in total. The number of nitrogens with one attached hydrogen (secondary N) is 1. The van der Waals surface area contributed by atoms with Gasteiger partial charge in [-0.25, -0.2) is 4.68 Å². The molecule has 1 saturated carbocycles. The van der Waals surface area contributed by atoms with E-state index in [1.54, 1.807) is 4.90 Å². The average molecular weight is 391 g/mol. The van der Waals surface area contributed by atoms with E-state index in [9.17, 15) is 9.59 Å². The van der Waals surface area contributed by atoms with Crippen molar-refractivity contribution in [1.82, 2.24) is 19.7 Å². The van der Waals surface area contributed by atoms with Gasteiger partial charge in [-0.3, -0.25) is 14.5 Å². The average Bonchev–Trinajstić information content (AvgIpc) is 3.31. The maximum Gasteiger partial charge on any atom is 0.229 e. The number of fused-ring (bicyclic) bond motifs is 2. The van der Waals surface area contributed by atoms with E-state index in [2.05, 4.69) is 28.2 Å². The van der Waals surface area contributed by atoms with Crippen molar-refractivity contribution in [2.45, 2.75) is 44.7 Å². The van der Waals surface area contributed by atoms with Crippen molar-refractivity contribution in [2.24, 2.45) is 7.05 Å². The number of aromatic nitrogens is 3. The molecule has 7 heteroatoms. The molecule has 0 spiro atoms. The summed E-state index contributed by atoms with van der Waals surface area (Å²) in [4.78, 5) is 26.3. The predicted molar refractivity (Wildman–Crippen MR) is 112 cm³/mol. The Labute approximate surface area is 169 Å². The van der Waals surface area contributed by atoms with Crippen LogP contribution in [0.1, 0.15) is 32.1 Å². The summed E-state index contributed by atoms with van der Waals surface area (Å²) < 4.78 is 4.02. The van der Waals surface area contributed by atoms with Crippen molar-refractivity contribution in [3.8, 4) is 11.3 Å². The van der Waals surface area contributed by atoms with Gasteiger partial charge in [-0.1, -0.05) is 18.2 Å². The molecule has 1 fully saturated rings. The first-order valence-corrected chi connectivity index (χ1v) is 10.3. The number of carbonyl (C=O) groups excluding carboxylic acids is 2. The lowest BCUT2D eigenvalue weighted by molar-refractivity contribution is -0.122. The lowest BCUT2D eigenvalue weighted by atomic mass is 10.1. The fourth-order valence-electron chi connectivity index (χ4n) is 4.09. The SMILES string of the molecule is Cn1cc(-c2cc3n(n2)CCC(=O)N3CCCC(=O)NC2CC2)c2ccccc21. The smallest absolute Gasteiger partial charge is 0.229 e. The molecule has 0 atom stereocenters. The maximum atomic E-state index is 12.6. The molecule has 0 unspecified atom stereocenters. The van der Waals surface area contributed by atoms with Crippen LogP contribution in [0.2, 0.25) is 0 Å². The van der Waals surface area contributed by atoms with Gasteiger partial charge in [0.15, 0.2) is 0 Å². The van der Waals surface area contributed by atoms with E-state index in [-0.39, 0.29) is 11.8 Å².